The lowest BCUT2D eigenvalue weighted by Crippen LogP contribution is -2.26. The molecule has 4 heteroatoms. The van der Waals surface area contributed by atoms with E-state index in [0.29, 0.717) is 6.04 Å². The van der Waals surface area contributed by atoms with Crippen molar-refractivity contribution in [3.8, 4) is 0 Å². The van der Waals surface area contributed by atoms with Gasteiger partial charge in [0, 0.05) is 29.6 Å². The van der Waals surface area contributed by atoms with Gasteiger partial charge < -0.3 is 5.32 Å². The third-order valence-electron chi connectivity index (χ3n) is 4.52. The lowest BCUT2D eigenvalue weighted by Gasteiger charge is -2.19. The van der Waals surface area contributed by atoms with Crippen LogP contribution in [-0.4, -0.2) is 21.1 Å². The maximum atomic E-state index is 4.52. The maximum Gasteiger partial charge on any atom is 0.155 e. The smallest absolute Gasteiger partial charge is 0.155 e. The molecule has 108 valence electrons. The predicted octanol–water partition coefficient (Wildman–Crippen LogP) is 3.04. The molecule has 20 heavy (non-hydrogen) atoms. The molecule has 2 atom stereocenters. The molecule has 2 aromatic rings. The van der Waals surface area contributed by atoms with E-state index >= 15 is 0 Å². The Bertz CT molecular complexity index is 612. The third kappa shape index (κ3) is 2.57. The first-order chi connectivity index (χ1) is 9.56. The Kier molecular flexibility index (Phi) is 3.50. The zero-order chi connectivity index (χ0) is 14.3. The zero-order valence-corrected chi connectivity index (χ0v) is 12.8. The lowest BCUT2D eigenvalue weighted by atomic mass is 10.0. The van der Waals surface area contributed by atoms with E-state index in [2.05, 4.69) is 36.2 Å². The zero-order valence-electron chi connectivity index (χ0n) is 12.8. The minimum absolute atomic E-state index is 0.317. The molecule has 2 heterocycles. The van der Waals surface area contributed by atoms with E-state index in [-0.39, 0.29) is 0 Å². The molecule has 0 amide bonds. The summed E-state index contributed by atoms with van der Waals surface area (Å²) in [7, 11) is 0. The van der Waals surface area contributed by atoms with Crippen LogP contribution in [0.2, 0.25) is 0 Å². The minimum Gasteiger partial charge on any atom is -0.310 e. The first-order valence-corrected chi connectivity index (χ1v) is 7.61. The van der Waals surface area contributed by atoms with Crippen molar-refractivity contribution < 1.29 is 0 Å². The predicted molar refractivity (Wildman–Crippen MR) is 80.8 cm³/mol. The highest BCUT2D eigenvalue weighted by atomic mass is 15.3. The Labute approximate surface area is 120 Å². The Balaban J connectivity index is 1.76. The lowest BCUT2D eigenvalue weighted by molar-refractivity contribution is 0.430. The molecular formula is C16H24N4. The highest BCUT2D eigenvalue weighted by Gasteiger charge is 2.27. The largest absolute Gasteiger partial charge is 0.310 e. The van der Waals surface area contributed by atoms with E-state index in [1.807, 2.05) is 23.7 Å². The molecular weight excluding hydrogens is 248 g/mol. The van der Waals surface area contributed by atoms with Crippen LogP contribution in [0.4, 0.5) is 0 Å². The van der Waals surface area contributed by atoms with Crippen molar-refractivity contribution in [3.63, 3.8) is 0 Å². The summed E-state index contributed by atoms with van der Waals surface area (Å²) >= 11 is 0. The number of nitrogens with one attached hydrogen (secondary N) is 1. The molecule has 0 aliphatic heterocycles. The van der Waals surface area contributed by atoms with Gasteiger partial charge >= 0.3 is 0 Å². The average molecular weight is 272 g/mol. The summed E-state index contributed by atoms with van der Waals surface area (Å²) in [5, 5.41) is 8.17. The van der Waals surface area contributed by atoms with Gasteiger partial charge in [-0.2, -0.15) is 5.10 Å². The maximum absolute atomic E-state index is 4.52. The topological polar surface area (TPSA) is 42.2 Å². The molecule has 1 fully saturated rings. The second-order valence-electron chi connectivity index (χ2n) is 6.30. The molecule has 0 bridgehead atoms. The number of rotatable bonds is 5. The molecule has 2 unspecified atom stereocenters. The van der Waals surface area contributed by atoms with Gasteiger partial charge in [-0.05, 0) is 52.0 Å². The van der Waals surface area contributed by atoms with Gasteiger partial charge in [-0.1, -0.05) is 6.92 Å². The van der Waals surface area contributed by atoms with E-state index in [1.165, 1.54) is 24.1 Å². The van der Waals surface area contributed by atoms with Crippen molar-refractivity contribution in [1.82, 2.24) is 19.9 Å². The normalized spacial score (nSPS) is 18.4. The van der Waals surface area contributed by atoms with Crippen LogP contribution in [0.15, 0.2) is 12.3 Å². The van der Waals surface area contributed by atoms with Gasteiger partial charge in [0.1, 0.15) is 0 Å². The number of aryl methyl sites for hydroxylation is 2. The van der Waals surface area contributed by atoms with Crippen molar-refractivity contribution in [2.45, 2.75) is 46.6 Å². The highest BCUT2D eigenvalue weighted by Crippen LogP contribution is 2.36. The number of fused-ring (bicyclic) bond motifs is 1. The van der Waals surface area contributed by atoms with Crippen molar-refractivity contribution in [2.24, 2.45) is 11.8 Å². The highest BCUT2D eigenvalue weighted by molar-refractivity contribution is 5.42. The second kappa shape index (κ2) is 5.17. The summed E-state index contributed by atoms with van der Waals surface area (Å²) in [5.74, 6) is 1.73. The molecule has 0 saturated heterocycles. The number of aromatic nitrogens is 3. The standard InChI is InChI=1S/C16H24N4/c1-10(14-5-6-14)8-17-12(3)15-9-18-16-7-11(2)19-20(16)13(15)4/h7,9-10,12,14,17H,5-6,8H2,1-4H3. The van der Waals surface area contributed by atoms with Gasteiger partial charge in [-0.25, -0.2) is 9.50 Å². The van der Waals surface area contributed by atoms with E-state index < -0.39 is 0 Å². The number of hydrogen-bond donors (Lipinski definition) is 1. The van der Waals surface area contributed by atoms with E-state index in [4.69, 9.17) is 0 Å². The first-order valence-electron chi connectivity index (χ1n) is 7.61. The monoisotopic (exact) mass is 272 g/mol. The van der Waals surface area contributed by atoms with Crippen LogP contribution in [0, 0.1) is 25.7 Å². The van der Waals surface area contributed by atoms with E-state index in [9.17, 15) is 0 Å². The van der Waals surface area contributed by atoms with Crippen LogP contribution in [0.1, 0.15) is 49.7 Å². The Morgan fingerprint density at radius 2 is 2.10 bits per heavy atom. The van der Waals surface area contributed by atoms with Crippen LogP contribution in [0.5, 0.6) is 0 Å². The van der Waals surface area contributed by atoms with Crippen LogP contribution in [0.25, 0.3) is 5.65 Å². The molecule has 0 spiro atoms. The fraction of sp³-hybridized carbons (Fsp3) is 0.625. The van der Waals surface area contributed by atoms with E-state index in [0.717, 1.165) is 29.7 Å². The van der Waals surface area contributed by atoms with E-state index in [1.54, 1.807) is 0 Å². The fourth-order valence-corrected chi connectivity index (χ4v) is 2.91. The van der Waals surface area contributed by atoms with Crippen LogP contribution < -0.4 is 5.32 Å². The quantitative estimate of drug-likeness (QED) is 0.909. The fourth-order valence-electron chi connectivity index (χ4n) is 2.91. The van der Waals surface area contributed by atoms with Gasteiger partial charge in [-0.3, -0.25) is 0 Å². The molecule has 3 rings (SSSR count). The number of hydrogen-bond acceptors (Lipinski definition) is 3. The Morgan fingerprint density at radius 3 is 2.80 bits per heavy atom. The van der Waals surface area contributed by atoms with Gasteiger partial charge in [-0.15, -0.1) is 0 Å². The molecule has 1 aliphatic carbocycles. The molecule has 1 saturated carbocycles. The van der Waals surface area contributed by atoms with Crippen LogP contribution in [0.3, 0.4) is 0 Å². The molecule has 4 nitrogen and oxygen atoms in total. The first kappa shape index (κ1) is 13.6. The van der Waals surface area contributed by atoms with Crippen molar-refractivity contribution in [1.29, 1.82) is 0 Å². The molecule has 0 aromatic carbocycles. The molecule has 0 radical (unpaired) electrons. The number of nitrogens with zero attached hydrogens (tertiary/aromatic N) is 3. The summed E-state index contributed by atoms with van der Waals surface area (Å²) in [6.07, 6.45) is 4.82. The van der Waals surface area contributed by atoms with Gasteiger partial charge in [0.05, 0.1) is 5.69 Å². The summed E-state index contributed by atoms with van der Waals surface area (Å²) in [5.41, 5.74) is 4.37. The SMILES string of the molecule is Cc1cc2ncc(C(C)NCC(C)C3CC3)c(C)n2n1. The van der Waals surface area contributed by atoms with Gasteiger partial charge in [0.2, 0.25) is 0 Å². The second-order valence-corrected chi connectivity index (χ2v) is 6.30. The van der Waals surface area contributed by atoms with Gasteiger partial charge in [0.15, 0.2) is 5.65 Å². The summed E-state index contributed by atoms with van der Waals surface area (Å²) in [6, 6.07) is 2.34. The van der Waals surface area contributed by atoms with Crippen LogP contribution in [-0.2, 0) is 0 Å². The Morgan fingerprint density at radius 1 is 1.35 bits per heavy atom. The summed E-state index contributed by atoms with van der Waals surface area (Å²) < 4.78 is 1.95. The molecule has 1 N–H and O–H groups in total. The minimum atomic E-state index is 0.317. The Hall–Kier alpha value is -1.42. The third-order valence-corrected chi connectivity index (χ3v) is 4.52. The average Bonchev–Trinajstić information content (AvgIpc) is 3.19. The van der Waals surface area contributed by atoms with Crippen molar-refractivity contribution in [2.75, 3.05) is 6.54 Å². The molecule has 2 aromatic heterocycles. The summed E-state index contributed by atoms with van der Waals surface area (Å²) in [6.45, 7) is 9.78. The van der Waals surface area contributed by atoms with Crippen molar-refractivity contribution in [3.05, 3.63) is 29.2 Å². The van der Waals surface area contributed by atoms with Crippen molar-refractivity contribution >= 4 is 5.65 Å². The molecule has 1 aliphatic rings. The van der Waals surface area contributed by atoms with Gasteiger partial charge in [0.25, 0.3) is 0 Å². The summed E-state index contributed by atoms with van der Waals surface area (Å²) in [4.78, 5) is 4.52. The van der Waals surface area contributed by atoms with Crippen LogP contribution >= 0.6 is 0 Å².